The fourth-order valence-electron chi connectivity index (χ4n) is 0.782. The molecule has 0 radical (unpaired) electrons. The molecule has 1 rings (SSSR count). The molecule has 0 saturated carbocycles. The van der Waals surface area contributed by atoms with Gasteiger partial charge in [0.05, 0.1) is 9.89 Å². The van der Waals surface area contributed by atoms with E-state index in [1.165, 1.54) is 11.3 Å². The van der Waals surface area contributed by atoms with Gasteiger partial charge in [0.2, 0.25) is 0 Å². The average Bonchev–Trinajstić information content (AvgIpc) is 2.47. The fraction of sp³-hybridized carbons (Fsp3) is 0.444. The lowest BCUT2D eigenvalue weighted by Gasteiger charge is -2.04. The Balaban J connectivity index is 2.49. The summed E-state index contributed by atoms with van der Waals surface area (Å²) in [5, 5.41) is 1.83. The van der Waals surface area contributed by atoms with E-state index in [0.29, 0.717) is 0 Å². The minimum Gasteiger partial charge on any atom is -0.371 e. The highest BCUT2D eigenvalue weighted by Crippen LogP contribution is 2.20. The number of halogens is 1. The molecule has 0 aliphatic heterocycles. The molecular formula is C9H11BrO2S. The number of rotatable bonds is 4. The van der Waals surface area contributed by atoms with Crippen molar-refractivity contribution in [3.05, 3.63) is 20.8 Å². The predicted molar refractivity (Wildman–Crippen MR) is 57.4 cm³/mol. The molecule has 13 heavy (non-hydrogen) atoms. The molecule has 0 aliphatic carbocycles. The molecule has 72 valence electrons. The molecule has 2 nitrogen and oxygen atoms in total. The topological polar surface area (TPSA) is 26.3 Å². The van der Waals surface area contributed by atoms with E-state index in [1.54, 1.807) is 0 Å². The number of carbonyl (C=O) groups is 1. The molecule has 0 aliphatic rings. The maximum atomic E-state index is 11.4. The summed E-state index contributed by atoms with van der Waals surface area (Å²) < 4.78 is 6.18. The summed E-state index contributed by atoms with van der Waals surface area (Å²) in [7, 11) is 0. The third-order valence-electron chi connectivity index (χ3n) is 1.44. The Morgan fingerprint density at radius 3 is 2.85 bits per heavy atom. The van der Waals surface area contributed by atoms with Crippen LogP contribution < -0.4 is 0 Å². The highest BCUT2D eigenvalue weighted by atomic mass is 79.9. The van der Waals surface area contributed by atoms with Gasteiger partial charge in [0.15, 0.2) is 5.78 Å². The van der Waals surface area contributed by atoms with Crippen LogP contribution in [0, 0.1) is 0 Å². The van der Waals surface area contributed by atoms with Gasteiger partial charge in [-0.3, -0.25) is 4.79 Å². The first-order chi connectivity index (χ1) is 6.09. The third-order valence-corrected chi connectivity index (χ3v) is 2.94. The first-order valence-corrected chi connectivity index (χ1v) is 5.65. The summed E-state index contributed by atoms with van der Waals surface area (Å²) >= 11 is 4.81. The Kier molecular flexibility index (Phi) is 4.09. The Bertz CT molecular complexity index is 294. The van der Waals surface area contributed by atoms with Crippen LogP contribution in [-0.4, -0.2) is 18.5 Å². The summed E-state index contributed by atoms with van der Waals surface area (Å²) in [4.78, 5) is 11.4. The van der Waals surface area contributed by atoms with Crippen molar-refractivity contribution < 1.29 is 9.53 Å². The van der Waals surface area contributed by atoms with E-state index in [1.807, 2.05) is 25.3 Å². The molecule has 1 heterocycles. The van der Waals surface area contributed by atoms with Gasteiger partial charge in [0.1, 0.15) is 6.61 Å². The molecule has 1 aromatic rings. The van der Waals surface area contributed by atoms with Gasteiger partial charge in [-0.1, -0.05) is 0 Å². The minimum atomic E-state index is 0.0376. The van der Waals surface area contributed by atoms with Crippen molar-refractivity contribution in [1.82, 2.24) is 0 Å². The number of thiophene rings is 1. The molecule has 0 saturated heterocycles. The van der Waals surface area contributed by atoms with E-state index in [0.717, 1.165) is 9.35 Å². The van der Waals surface area contributed by atoms with Crippen molar-refractivity contribution in [2.45, 2.75) is 20.0 Å². The molecule has 0 unspecified atom stereocenters. The second kappa shape index (κ2) is 4.88. The maximum absolute atomic E-state index is 11.4. The normalized spacial score (nSPS) is 10.8. The lowest BCUT2D eigenvalue weighted by atomic mass is 10.2. The van der Waals surface area contributed by atoms with Crippen LogP contribution in [-0.2, 0) is 4.74 Å². The molecule has 0 spiro atoms. The lowest BCUT2D eigenvalue weighted by Crippen LogP contribution is -2.12. The van der Waals surface area contributed by atoms with Crippen LogP contribution in [0.2, 0.25) is 0 Å². The van der Waals surface area contributed by atoms with Crippen molar-refractivity contribution in [1.29, 1.82) is 0 Å². The van der Waals surface area contributed by atoms with Gasteiger partial charge in [-0.05, 0) is 35.8 Å². The van der Waals surface area contributed by atoms with Crippen molar-refractivity contribution in [2.24, 2.45) is 0 Å². The summed E-state index contributed by atoms with van der Waals surface area (Å²) in [6, 6.07) is 1.82. The van der Waals surface area contributed by atoms with E-state index >= 15 is 0 Å². The third kappa shape index (κ3) is 3.58. The number of ketones is 1. The van der Waals surface area contributed by atoms with Crippen molar-refractivity contribution >= 4 is 33.0 Å². The van der Waals surface area contributed by atoms with Crippen LogP contribution in [0.4, 0.5) is 0 Å². The monoisotopic (exact) mass is 262 g/mol. The molecule has 0 aromatic carbocycles. The van der Waals surface area contributed by atoms with Crippen LogP contribution in [0.5, 0.6) is 0 Å². The summed E-state index contributed by atoms with van der Waals surface area (Å²) in [6.07, 6.45) is 0.103. The van der Waals surface area contributed by atoms with Gasteiger partial charge in [-0.15, -0.1) is 11.3 Å². The summed E-state index contributed by atoms with van der Waals surface area (Å²) in [6.45, 7) is 3.99. The number of Topliss-reactive ketones (excluding diaryl/α,β-unsaturated/α-hetero) is 1. The Labute approximate surface area is 90.0 Å². The SMILES string of the molecule is CC(C)OCC(=O)c1csc(Br)c1. The largest absolute Gasteiger partial charge is 0.371 e. The molecule has 0 amide bonds. The first kappa shape index (κ1) is 10.9. The Morgan fingerprint density at radius 1 is 1.69 bits per heavy atom. The second-order valence-corrected chi connectivity index (χ2v) is 5.21. The number of hydrogen-bond acceptors (Lipinski definition) is 3. The fourth-order valence-corrected chi connectivity index (χ4v) is 1.94. The highest BCUT2D eigenvalue weighted by Gasteiger charge is 2.08. The number of ether oxygens (including phenoxy) is 1. The van der Waals surface area contributed by atoms with Crippen molar-refractivity contribution in [3.63, 3.8) is 0 Å². The predicted octanol–water partition coefficient (Wildman–Crippen LogP) is 3.12. The first-order valence-electron chi connectivity index (χ1n) is 3.98. The molecule has 0 N–H and O–H groups in total. The smallest absolute Gasteiger partial charge is 0.189 e. The van der Waals surface area contributed by atoms with Gasteiger partial charge in [0.25, 0.3) is 0 Å². The van der Waals surface area contributed by atoms with Crippen LogP contribution in [0.3, 0.4) is 0 Å². The summed E-state index contributed by atoms with van der Waals surface area (Å²) in [5.74, 6) is 0.0376. The van der Waals surface area contributed by atoms with Gasteiger partial charge < -0.3 is 4.74 Å². The quantitative estimate of drug-likeness (QED) is 0.780. The average molecular weight is 263 g/mol. The summed E-state index contributed by atoms with van der Waals surface area (Å²) in [5.41, 5.74) is 0.720. The minimum absolute atomic E-state index is 0.0376. The standard InChI is InChI=1S/C9H11BrO2S/c1-6(2)12-4-8(11)7-3-9(10)13-5-7/h3,5-6H,4H2,1-2H3. The van der Waals surface area contributed by atoms with Gasteiger partial charge in [-0.25, -0.2) is 0 Å². The van der Waals surface area contributed by atoms with E-state index in [9.17, 15) is 4.79 Å². The number of hydrogen-bond donors (Lipinski definition) is 0. The molecule has 4 heteroatoms. The molecule has 1 aromatic heterocycles. The maximum Gasteiger partial charge on any atom is 0.189 e. The lowest BCUT2D eigenvalue weighted by molar-refractivity contribution is 0.0585. The van der Waals surface area contributed by atoms with E-state index in [2.05, 4.69) is 15.9 Å². The zero-order chi connectivity index (χ0) is 9.84. The molecular weight excluding hydrogens is 252 g/mol. The second-order valence-electron chi connectivity index (χ2n) is 2.92. The van der Waals surface area contributed by atoms with E-state index < -0.39 is 0 Å². The highest BCUT2D eigenvalue weighted by molar-refractivity contribution is 9.11. The molecule has 0 atom stereocenters. The number of carbonyl (C=O) groups excluding carboxylic acids is 1. The molecule has 0 bridgehead atoms. The molecule has 0 fully saturated rings. The zero-order valence-electron chi connectivity index (χ0n) is 7.54. The van der Waals surface area contributed by atoms with Gasteiger partial charge >= 0.3 is 0 Å². The van der Waals surface area contributed by atoms with Crippen molar-refractivity contribution in [2.75, 3.05) is 6.61 Å². The van der Waals surface area contributed by atoms with Crippen LogP contribution in [0.15, 0.2) is 15.2 Å². The van der Waals surface area contributed by atoms with E-state index in [4.69, 9.17) is 4.74 Å². The van der Waals surface area contributed by atoms with Gasteiger partial charge in [0, 0.05) is 10.9 Å². The van der Waals surface area contributed by atoms with E-state index in [-0.39, 0.29) is 18.5 Å². The van der Waals surface area contributed by atoms with Crippen molar-refractivity contribution in [3.8, 4) is 0 Å². The van der Waals surface area contributed by atoms with Crippen LogP contribution >= 0.6 is 27.3 Å². The van der Waals surface area contributed by atoms with Gasteiger partial charge in [-0.2, -0.15) is 0 Å². The Hall–Kier alpha value is -0.190. The van der Waals surface area contributed by atoms with Crippen LogP contribution in [0.1, 0.15) is 24.2 Å². The Morgan fingerprint density at radius 2 is 2.38 bits per heavy atom. The zero-order valence-corrected chi connectivity index (χ0v) is 9.94. The van der Waals surface area contributed by atoms with Crippen LogP contribution in [0.25, 0.3) is 0 Å².